The minimum atomic E-state index is -1.86. The lowest BCUT2D eigenvalue weighted by Gasteiger charge is -2.25. The van der Waals surface area contributed by atoms with Gasteiger partial charge in [0.1, 0.15) is 0 Å². The van der Waals surface area contributed by atoms with Crippen LogP contribution in [0.5, 0.6) is 0 Å². The molecule has 5 nitrogen and oxygen atoms in total. The first-order chi connectivity index (χ1) is 11.3. The first-order valence-electron chi connectivity index (χ1n) is 7.71. The second-order valence-electron chi connectivity index (χ2n) is 6.34. The summed E-state index contributed by atoms with van der Waals surface area (Å²) in [5, 5.41) is 11.4. The highest BCUT2D eigenvalue weighted by Gasteiger charge is 2.52. The Morgan fingerprint density at radius 2 is 1.75 bits per heavy atom. The number of nitrogens with zero attached hydrogens (tertiary/aromatic N) is 2. The third-order valence-corrected chi connectivity index (χ3v) is 4.49. The molecule has 3 rings (SSSR count). The van der Waals surface area contributed by atoms with Crippen LogP contribution in [0.1, 0.15) is 27.0 Å². The first-order valence-corrected chi connectivity index (χ1v) is 7.71. The van der Waals surface area contributed by atoms with Crippen LogP contribution in [0.2, 0.25) is 0 Å². The average molecular weight is 324 g/mol. The Labute approximate surface area is 141 Å². The molecule has 0 fully saturated rings. The van der Waals surface area contributed by atoms with Crippen LogP contribution in [0.15, 0.2) is 42.5 Å². The largest absolute Gasteiger partial charge is 0.372 e. The standard InChI is InChI=1S/C19H20N2O3/c1-12-8-10-13(11-9-12)19(24)16-14(17(22)20(2)3)6-5-7-15(16)21(4)18(19)23/h5-11,24H,1-4H3. The van der Waals surface area contributed by atoms with Crippen molar-refractivity contribution in [2.75, 3.05) is 26.0 Å². The highest BCUT2D eigenvalue weighted by atomic mass is 16.3. The van der Waals surface area contributed by atoms with E-state index < -0.39 is 11.5 Å². The third-order valence-electron chi connectivity index (χ3n) is 4.49. The number of amides is 2. The summed E-state index contributed by atoms with van der Waals surface area (Å²) < 4.78 is 0. The van der Waals surface area contributed by atoms with Crippen LogP contribution in [0.3, 0.4) is 0 Å². The van der Waals surface area contributed by atoms with Gasteiger partial charge in [-0.2, -0.15) is 0 Å². The van der Waals surface area contributed by atoms with Gasteiger partial charge in [-0.15, -0.1) is 0 Å². The molecule has 2 aromatic rings. The van der Waals surface area contributed by atoms with Gasteiger partial charge in [0.15, 0.2) is 5.60 Å². The summed E-state index contributed by atoms with van der Waals surface area (Å²) in [5.41, 5.74) is 0.857. The zero-order valence-corrected chi connectivity index (χ0v) is 14.2. The lowest BCUT2D eigenvalue weighted by molar-refractivity contribution is -0.131. The molecule has 2 amide bonds. The second-order valence-corrected chi connectivity index (χ2v) is 6.34. The van der Waals surface area contributed by atoms with E-state index >= 15 is 0 Å². The Hall–Kier alpha value is -2.66. The van der Waals surface area contributed by atoms with Crippen LogP contribution in [-0.4, -0.2) is 43.0 Å². The molecule has 0 saturated carbocycles. The van der Waals surface area contributed by atoms with Crippen molar-refractivity contribution in [2.24, 2.45) is 0 Å². The maximum atomic E-state index is 12.9. The Morgan fingerprint density at radius 1 is 1.12 bits per heavy atom. The van der Waals surface area contributed by atoms with Crippen molar-refractivity contribution in [3.63, 3.8) is 0 Å². The second kappa shape index (κ2) is 5.46. The first kappa shape index (κ1) is 16.2. The number of likely N-dealkylation sites (N-methyl/N-ethyl adjacent to an activating group) is 1. The fraction of sp³-hybridized carbons (Fsp3) is 0.263. The van der Waals surface area contributed by atoms with E-state index in [1.54, 1.807) is 51.5 Å². The molecule has 0 saturated heterocycles. The minimum Gasteiger partial charge on any atom is -0.372 e. The van der Waals surface area contributed by atoms with E-state index in [0.29, 0.717) is 22.4 Å². The number of carbonyl (C=O) groups is 2. The average Bonchev–Trinajstić information content (AvgIpc) is 2.77. The van der Waals surface area contributed by atoms with Gasteiger partial charge < -0.3 is 14.9 Å². The van der Waals surface area contributed by atoms with Gasteiger partial charge in [0.25, 0.3) is 11.8 Å². The monoisotopic (exact) mass is 324 g/mol. The van der Waals surface area contributed by atoms with Gasteiger partial charge in [0, 0.05) is 32.3 Å². The SMILES string of the molecule is Cc1ccc(C2(O)C(=O)N(C)c3cccc(C(=O)N(C)C)c32)cc1. The summed E-state index contributed by atoms with van der Waals surface area (Å²) >= 11 is 0. The quantitative estimate of drug-likeness (QED) is 0.918. The molecule has 1 aliphatic rings. The van der Waals surface area contributed by atoms with Gasteiger partial charge in [-0.25, -0.2) is 0 Å². The number of fused-ring (bicyclic) bond motifs is 1. The maximum Gasteiger partial charge on any atom is 0.268 e. The normalized spacial score (nSPS) is 19.4. The fourth-order valence-electron chi connectivity index (χ4n) is 3.14. The number of anilines is 1. The predicted molar refractivity (Wildman–Crippen MR) is 92.0 cm³/mol. The highest BCUT2D eigenvalue weighted by molar-refractivity contribution is 6.12. The van der Waals surface area contributed by atoms with Crippen LogP contribution >= 0.6 is 0 Å². The summed E-state index contributed by atoms with van der Waals surface area (Å²) in [7, 11) is 4.90. The molecule has 1 aliphatic heterocycles. The molecule has 1 atom stereocenters. The molecule has 0 radical (unpaired) electrons. The van der Waals surface area contributed by atoms with E-state index in [0.717, 1.165) is 5.56 Å². The number of rotatable bonds is 2. The van der Waals surface area contributed by atoms with E-state index in [-0.39, 0.29) is 5.91 Å². The molecule has 1 unspecified atom stereocenters. The van der Waals surface area contributed by atoms with E-state index in [1.807, 2.05) is 19.1 Å². The van der Waals surface area contributed by atoms with Gasteiger partial charge in [-0.3, -0.25) is 9.59 Å². The molecule has 24 heavy (non-hydrogen) atoms. The number of carbonyl (C=O) groups excluding carboxylic acids is 2. The molecule has 0 aromatic heterocycles. The van der Waals surface area contributed by atoms with Crippen molar-refractivity contribution < 1.29 is 14.7 Å². The van der Waals surface area contributed by atoms with E-state index in [9.17, 15) is 14.7 Å². The van der Waals surface area contributed by atoms with Crippen molar-refractivity contribution in [2.45, 2.75) is 12.5 Å². The third kappa shape index (κ3) is 2.12. The smallest absolute Gasteiger partial charge is 0.268 e. The van der Waals surface area contributed by atoms with Crippen molar-refractivity contribution in [1.29, 1.82) is 0 Å². The van der Waals surface area contributed by atoms with Crippen LogP contribution in [0.25, 0.3) is 0 Å². The molecule has 124 valence electrons. The fourth-order valence-corrected chi connectivity index (χ4v) is 3.14. The predicted octanol–water partition coefficient (Wildman–Crippen LogP) is 1.91. The van der Waals surface area contributed by atoms with Crippen molar-refractivity contribution in [3.8, 4) is 0 Å². The number of hydrogen-bond acceptors (Lipinski definition) is 3. The number of aliphatic hydroxyl groups is 1. The summed E-state index contributed by atoms with van der Waals surface area (Å²) in [4.78, 5) is 28.3. The topological polar surface area (TPSA) is 60.9 Å². The lowest BCUT2D eigenvalue weighted by Crippen LogP contribution is -2.40. The molecule has 0 spiro atoms. The Kier molecular flexibility index (Phi) is 3.68. The van der Waals surface area contributed by atoms with Crippen molar-refractivity contribution in [3.05, 3.63) is 64.7 Å². The zero-order chi connectivity index (χ0) is 17.6. The number of benzene rings is 2. The molecule has 1 heterocycles. The summed E-state index contributed by atoms with van der Waals surface area (Å²) in [6, 6.07) is 12.3. The molecular formula is C19H20N2O3. The van der Waals surface area contributed by atoms with Crippen LogP contribution in [0.4, 0.5) is 5.69 Å². The number of aryl methyl sites for hydroxylation is 1. The van der Waals surface area contributed by atoms with Crippen molar-refractivity contribution in [1.82, 2.24) is 4.90 Å². The minimum absolute atomic E-state index is 0.250. The zero-order valence-electron chi connectivity index (χ0n) is 14.2. The van der Waals surface area contributed by atoms with Gasteiger partial charge in [0.05, 0.1) is 5.69 Å². The summed E-state index contributed by atoms with van der Waals surface area (Å²) in [5.74, 6) is -0.708. The molecular weight excluding hydrogens is 304 g/mol. The van der Waals surface area contributed by atoms with Crippen LogP contribution < -0.4 is 4.90 Å². The molecule has 0 aliphatic carbocycles. The Balaban J connectivity index is 2.30. The molecule has 5 heteroatoms. The molecule has 0 bridgehead atoms. The van der Waals surface area contributed by atoms with Gasteiger partial charge in [0.2, 0.25) is 0 Å². The summed E-state index contributed by atoms with van der Waals surface area (Å²) in [6.45, 7) is 1.94. The van der Waals surface area contributed by atoms with Gasteiger partial charge >= 0.3 is 0 Å². The van der Waals surface area contributed by atoms with E-state index in [4.69, 9.17) is 0 Å². The van der Waals surface area contributed by atoms with Crippen LogP contribution in [0, 0.1) is 6.92 Å². The van der Waals surface area contributed by atoms with Gasteiger partial charge in [-0.05, 0) is 24.6 Å². The van der Waals surface area contributed by atoms with Crippen molar-refractivity contribution >= 4 is 17.5 Å². The van der Waals surface area contributed by atoms with Crippen LogP contribution in [-0.2, 0) is 10.4 Å². The Bertz CT molecular complexity index is 827. The van der Waals surface area contributed by atoms with E-state index in [2.05, 4.69) is 0 Å². The molecule has 2 aromatic carbocycles. The van der Waals surface area contributed by atoms with E-state index in [1.165, 1.54) is 9.80 Å². The molecule has 1 N–H and O–H groups in total. The number of hydrogen-bond donors (Lipinski definition) is 1. The highest BCUT2D eigenvalue weighted by Crippen LogP contribution is 2.45. The Morgan fingerprint density at radius 3 is 2.33 bits per heavy atom. The van der Waals surface area contributed by atoms with Gasteiger partial charge in [-0.1, -0.05) is 35.9 Å². The summed E-state index contributed by atoms with van der Waals surface area (Å²) in [6.07, 6.45) is 0. The maximum absolute atomic E-state index is 12.9. The lowest BCUT2D eigenvalue weighted by atomic mass is 9.84.